The molecule has 1 aromatic carbocycles. The van der Waals surface area contributed by atoms with Gasteiger partial charge in [-0.2, -0.15) is 0 Å². The topological polar surface area (TPSA) is 44.4 Å². The Morgan fingerprint density at radius 3 is 2.52 bits per heavy atom. The highest BCUT2D eigenvalue weighted by molar-refractivity contribution is 5.92. The number of hydrogen-bond acceptors (Lipinski definition) is 3. The molecule has 1 fully saturated rings. The van der Waals surface area contributed by atoms with Crippen molar-refractivity contribution in [1.29, 1.82) is 0 Å². The summed E-state index contributed by atoms with van der Waals surface area (Å²) in [6.45, 7) is 7.99. The minimum absolute atomic E-state index is 0.0163. The molecule has 1 aromatic rings. The number of anilines is 1. The van der Waals surface area contributed by atoms with Gasteiger partial charge in [0.15, 0.2) is 0 Å². The number of likely N-dealkylation sites (tertiary alicyclic amines) is 1. The van der Waals surface area contributed by atoms with Crippen molar-refractivity contribution < 1.29 is 4.79 Å². The molecule has 2 N–H and O–H groups in total. The lowest BCUT2D eigenvalue weighted by Gasteiger charge is -2.15. The van der Waals surface area contributed by atoms with Crippen LogP contribution in [-0.4, -0.2) is 36.5 Å². The maximum absolute atomic E-state index is 11.8. The minimum atomic E-state index is 0.0163. The predicted octanol–water partition coefficient (Wildman–Crippen LogP) is 2.61. The van der Waals surface area contributed by atoms with Gasteiger partial charge in [-0.25, -0.2) is 0 Å². The molecule has 0 radical (unpaired) electrons. The van der Waals surface area contributed by atoms with Gasteiger partial charge in [-0.3, -0.25) is 9.69 Å². The Labute approximate surface area is 127 Å². The highest BCUT2D eigenvalue weighted by Crippen LogP contribution is 2.15. The number of hydrogen-bond donors (Lipinski definition) is 2. The first kappa shape index (κ1) is 16.0. The van der Waals surface area contributed by atoms with Crippen LogP contribution in [0.25, 0.3) is 0 Å². The van der Waals surface area contributed by atoms with E-state index in [1.807, 2.05) is 12.1 Å². The summed E-state index contributed by atoms with van der Waals surface area (Å²) in [6, 6.07) is 8.57. The molecule has 0 spiro atoms. The second kappa shape index (κ2) is 8.15. The molecule has 0 aromatic heterocycles. The van der Waals surface area contributed by atoms with Crippen LogP contribution in [0.4, 0.5) is 5.69 Å². The van der Waals surface area contributed by atoms with E-state index in [0.29, 0.717) is 12.6 Å². The van der Waals surface area contributed by atoms with Crippen molar-refractivity contribution in [2.45, 2.75) is 45.7 Å². The second-order valence-electron chi connectivity index (χ2n) is 5.92. The number of benzene rings is 1. The summed E-state index contributed by atoms with van der Waals surface area (Å²) in [5, 5.41) is 6.12. The number of nitrogens with one attached hydrogen (secondary N) is 2. The maximum Gasteiger partial charge on any atom is 0.238 e. The molecule has 4 nitrogen and oxygen atoms in total. The van der Waals surface area contributed by atoms with E-state index in [1.165, 1.54) is 31.5 Å². The van der Waals surface area contributed by atoms with Gasteiger partial charge in [0.05, 0.1) is 6.54 Å². The zero-order valence-electron chi connectivity index (χ0n) is 13.2. The number of carbonyl (C=O) groups is 1. The van der Waals surface area contributed by atoms with Gasteiger partial charge in [0, 0.05) is 18.3 Å². The summed E-state index contributed by atoms with van der Waals surface area (Å²) in [4.78, 5) is 14.3. The molecule has 2 rings (SSSR count). The van der Waals surface area contributed by atoms with Crippen LogP contribution in [0.1, 0.15) is 38.7 Å². The summed E-state index contributed by atoms with van der Waals surface area (Å²) in [5.74, 6) is 0.0163. The fraction of sp³-hybridized carbons (Fsp3) is 0.588. The van der Waals surface area contributed by atoms with E-state index < -0.39 is 0 Å². The van der Waals surface area contributed by atoms with Crippen molar-refractivity contribution in [3.05, 3.63) is 29.8 Å². The second-order valence-corrected chi connectivity index (χ2v) is 5.92. The fourth-order valence-corrected chi connectivity index (χ4v) is 2.51. The average molecular weight is 289 g/mol. The van der Waals surface area contributed by atoms with Crippen molar-refractivity contribution in [2.75, 3.05) is 25.0 Å². The molecule has 1 unspecified atom stereocenters. The lowest BCUT2D eigenvalue weighted by atomic mass is 10.2. The van der Waals surface area contributed by atoms with Gasteiger partial charge in [-0.1, -0.05) is 19.1 Å². The standard InChI is InChI=1S/C17H27N3O/c1-3-14(2)18-12-17(21)19-16-8-6-15(7-9-16)13-20-10-4-5-11-20/h6-9,14,18H,3-5,10-13H2,1-2H3,(H,19,21). The largest absolute Gasteiger partial charge is 0.325 e. The van der Waals surface area contributed by atoms with Gasteiger partial charge < -0.3 is 10.6 Å². The van der Waals surface area contributed by atoms with Crippen molar-refractivity contribution in [1.82, 2.24) is 10.2 Å². The van der Waals surface area contributed by atoms with Gasteiger partial charge >= 0.3 is 0 Å². The van der Waals surface area contributed by atoms with E-state index in [1.54, 1.807) is 0 Å². The third-order valence-electron chi connectivity index (χ3n) is 4.07. The van der Waals surface area contributed by atoms with Gasteiger partial charge in [0.25, 0.3) is 0 Å². The highest BCUT2D eigenvalue weighted by atomic mass is 16.1. The molecule has 0 saturated carbocycles. The summed E-state index contributed by atoms with van der Waals surface area (Å²) < 4.78 is 0. The Morgan fingerprint density at radius 1 is 1.24 bits per heavy atom. The number of amides is 1. The molecule has 116 valence electrons. The van der Waals surface area contributed by atoms with E-state index in [2.05, 4.69) is 41.5 Å². The fourth-order valence-electron chi connectivity index (χ4n) is 2.51. The first-order chi connectivity index (χ1) is 10.2. The molecule has 1 atom stereocenters. The van der Waals surface area contributed by atoms with Crippen molar-refractivity contribution >= 4 is 11.6 Å². The predicted molar refractivity (Wildman–Crippen MR) is 87.3 cm³/mol. The van der Waals surface area contributed by atoms with E-state index in [0.717, 1.165) is 18.7 Å². The third-order valence-corrected chi connectivity index (χ3v) is 4.07. The Balaban J connectivity index is 1.77. The number of rotatable bonds is 7. The minimum Gasteiger partial charge on any atom is -0.325 e. The van der Waals surface area contributed by atoms with Crippen LogP contribution in [0.15, 0.2) is 24.3 Å². The molecule has 21 heavy (non-hydrogen) atoms. The molecule has 0 aliphatic carbocycles. The van der Waals surface area contributed by atoms with E-state index in [4.69, 9.17) is 0 Å². The Hall–Kier alpha value is -1.39. The molecule has 0 bridgehead atoms. The summed E-state index contributed by atoms with van der Waals surface area (Å²) in [6.07, 6.45) is 3.66. The zero-order valence-corrected chi connectivity index (χ0v) is 13.2. The SMILES string of the molecule is CCC(C)NCC(=O)Nc1ccc(CN2CCCC2)cc1. The van der Waals surface area contributed by atoms with Crippen LogP contribution in [0.3, 0.4) is 0 Å². The van der Waals surface area contributed by atoms with E-state index in [9.17, 15) is 4.79 Å². The van der Waals surface area contributed by atoms with Gasteiger partial charge in [-0.05, 0) is 57.0 Å². The smallest absolute Gasteiger partial charge is 0.238 e. The first-order valence-corrected chi connectivity index (χ1v) is 8.02. The number of nitrogens with zero attached hydrogens (tertiary/aromatic N) is 1. The number of carbonyl (C=O) groups excluding carboxylic acids is 1. The van der Waals surface area contributed by atoms with Crippen molar-refractivity contribution in [2.24, 2.45) is 0 Å². The van der Waals surface area contributed by atoms with E-state index >= 15 is 0 Å². The molecule has 1 aliphatic rings. The molecule has 1 heterocycles. The summed E-state index contributed by atoms with van der Waals surface area (Å²) >= 11 is 0. The maximum atomic E-state index is 11.8. The van der Waals surface area contributed by atoms with Gasteiger partial charge in [0.2, 0.25) is 5.91 Å². The van der Waals surface area contributed by atoms with Gasteiger partial charge in [0.1, 0.15) is 0 Å². The van der Waals surface area contributed by atoms with Crippen LogP contribution < -0.4 is 10.6 Å². The Bertz CT molecular complexity index is 438. The molecule has 4 heteroatoms. The lowest BCUT2D eigenvalue weighted by molar-refractivity contribution is -0.115. The third kappa shape index (κ3) is 5.48. The summed E-state index contributed by atoms with van der Waals surface area (Å²) in [5.41, 5.74) is 2.18. The van der Waals surface area contributed by atoms with Crippen LogP contribution >= 0.6 is 0 Å². The van der Waals surface area contributed by atoms with Crippen molar-refractivity contribution in [3.63, 3.8) is 0 Å². The van der Waals surface area contributed by atoms with Crippen LogP contribution in [-0.2, 0) is 11.3 Å². The molecular weight excluding hydrogens is 262 g/mol. The van der Waals surface area contributed by atoms with E-state index in [-0.39, 0.29) is 5.91 Å². The Kier molecular flexibility index (Phi) is 6.21. The molecule has 1 saturated heterocycles. The highest BCUT2D eigenvalue weighted by Gasteiger charge is 2.11. The molecule has 1 amide bonds. The lowest BCUT2D eigenvalue weighted by Crippen LogP contribution is -2.33. The average Bonchev–Trinajstić information content (AvgIpc) is 3.00. The van der Waals surface area contributed by atoms with Gasteiger partial charge in [-0.15, -0.1) is 0 Å². The Morgan fingerprint density at radius 2 is 1.90 bits per heavy atom. The van der Waals surface area contributed by atoms with Crippen LogP contribution in [0.5, 0.6) is 0 Å². The normalized spacial score (nSPS) is 16.9. The quantitative estimate of drug-likeness (QED) is 0.811. The zero-order chi connectivity index (χ0) is 15.1. The first-order valence-electron chi connectivity index (χ1n) is 8.02. The molecule has 1 aliphatic heterocycles. The monoisotopic (exact) mass is 289 g/mol. The van der Waals surface area contributed by atoms with Crippen molar-refractivity contribution in [3.8, 4) is 0 Å². The summed E-state index contributed by atoms with van der Waals surface area (Å²) in [7, 11) is 0. The van der Waals surface area contributed by atoms with Crippen LogP contribution in [0, 0.1) is 0 Å². The molecular formula is C17H27N3O. The van der Waals surface area contributed by atoms with Crippen LogP contribution in [0.2, 0.25) is 0 Å².